The molecule has 1 aromatic carbocycles. The van der Waals surface area contributed by atoms with Gasteiger partial charge in [0.1, 0.15) is 18.6 Å². The van der Waals surface area contributed by atoms with Crippen molar-refractivity contribution in [2.45, 2.75) is 71.5 Å². The largest absolute Gasteiger partial charge is 0.485 e. The van der Waals surface area contributed by atoms with Crippen molar-refractivity contribution < 1.29 is 23.5 Å². The molecule has 190 valence electrons. The Labute approximate surface area is 211 Å². The van der Waals surface area contributed by atoms with E-state index in [0.29, 0.717) is 35.9 Å². The first-order chi connectivity index (χ1) is 17.3. The van der Waals surface area contributed by atoms with E-state index in [1.807, 2.05) is 32.9 Å². The molecule has 8 heteroatoms. The van der Waals surface area contributed by atoms with Crippen LogP contribution in [0.15, 0.2) is 40.8 Å². The molecule has 0 N–H and O–H groups in total. The highest BCUT2D eigenvalue weighted by molar-refractivity contribution is 5.64. The normalized spacial score (nSPS) is 17.0. The van der Waals surface area contributed by atoms with Crippen LogP contribution >= 0.6 is 0 Å². The van der Waals surface area contributed by atoms with Crippen molar-refractivity contribution in [3.63, 3.8) is 0 Å². The average molecular weight is 492 g/mol. The van der Waals surface area contributed by atoms with Gasteiger partial charge in [-0.3, -0.25) is 0 Å². The summed E-state index contributed by atoms with van der Waals surface area (Å²) in [6.07, 6.45) is 7.18. The third kappa shape index (κ3) is 5.03. The molecule has 1 aliphatic carbocycles. The number of pyridine rings is 1. The van der Waals surface area contributed by atoms with Crippen LogP contribution in [0.5, 0.6) is 11.6 Å². The first-order valence-corrected chi connectivity index (χ1v) is 12.6. The molecular weight excluding hydrogens is 458 g/mol. The summed E-state index contributed by atoms with van der Waals surface area (Å²) in [6, 6.07) is 7.98. The molecule has 1 aliphatic heterocycles. The Morgan fingerprint density at radius 2 is 1.86 bits per heavy atom. The highest BCUT2D eigenvalue weighted by Gasteiger charge is 2.28. The summed E-state index contributed by atoms with van der Waals surface area (Å²) in [7, 11) is 1.63. The Kier molecular flexibility index (Phi) is 6.60. The molecule has 5 rings (SSSR count). The van der Waals surface area contributed by atoms with Crippen LogP contribution in [0.1, 0.15) is 69.2 Å². The van der Waals surface area contributed by atoms with E-state index >= 15 is 0 Å². The second kappa shape index (κ2) is 9.84. The topological polar surface area (TPSA) is 88.7 Å². The lowest BCUT2D eigenvalue weighted by molar-refractivity contribution is -0.119. The third-order valence-electron chi connectivity index (χ3n) is 6.68. The van der Waals surface area contributed by atoms with Crippen LogP contribution < -0.4 is 9.47 Å². The summed E-state index contributed by atoms with van der Waals surface area (Å²) < 4.78 is 28.5. The van der Waals surface area contributed by atoms with Crippen LogP contribution in [0.2, 0.25) is 0 Å². The SMILES string of the molecule is CCc1cc(-c2noc(-c3cc(OC)nc(C4CCCC4)c3)n2)cc(C)c1OCC1=COC(C)(C)O1. The fourth-order valence-electron chi connectivity index (χ4n) is 4.87. The zero-order chi connectivity index (χ0) is 25.3. The Bertz CT molecular complexity index is 1270. The van der Waals surface area contributed by atoms with E-state index in [1.54, 1.807) is 13.4 Å². The number of ether oxygens (including phenoxy) is 4. The molecule has 0 amide bonds. The number of methoxy groups -OCH3 is 1. The predicted molar refractivity (Wildman–Crippen MR) is 135 cm³/mol. The molecule has 1 fully saturated rings. The highest BCUT2D eigenvalue weighted by atomic mass is 16.7. The van der Waals surface area contributed by atoms with Gasteiger partial charge in [0.05, 0.1) is 7.11 Å². The minimum atomic E-state index is -0.655. The lowest BCUT2D eigenvalue weighted by Gasteiger charge is -2.19. The van der Waals surface area contributed by atoms with Crippen molar-refractivity contribution in [3.8, 4) is 34.5 Å². The zero-order valence-electron chi connectivity index (χ0n) is 21.6. The van der Waals surface area contributed by atoms with Crippen molar-refractivity contribution >= 4 is 0 Å². The van der Waals surface area contributed by atoms with Crippen LogP contribution in [0, 0.1) is 6.92 Å². The number of nitrogens with zero attached hydrogens (tertiary/aromatic N) is 3. The fraction of sp³-hybridized carbons (Fsp3) is 0.464. The van der Waals surface area contributed by atoms with Crippen molar-refractivity contribution in [1.29, 1.82) is 0 Å². The molecule has 3 heterocycles. The maximum atomic E-state index is 6.13. The van der Waals surface area contributed by atoms with E-state index in [0.717, 1.165) is 53.0 Å². The lowest BCUT2D eigenvalue weighted by atomic mass is 10.0. The molecule has 0 bridgehead atoms. The Hall–Kier alpha value is -3.55. The van der Waals surface area contributed by atoms with Crippen molar-refractivity contribution in [2.24, 2.45) is 0 Å². The van der Waals surface area contributed by atoms with Crippen LogP contribution in [0.4, 0.5) is 0 Å². The smallest absolute Gasteiger partial charge is 0.258 e. The van der Waals surface area contributed by atoms with Crippen LogP contribution in [-0.2, 0) is 15.9 Å². The molecule has 36 heavy (non-hydrogen) atoms. The maximum Gasteiger partial charge on any atom is 0.258 e. The van der Waals surface area contributed by atoms with Gasteiger partial charge in [-0.1, -0.05) is 24.9 Å². The minimum Gasteiger partial charge on any atom is -0.485 e. The number of aryl methyl sites for hydroxylation is 2. The summed E-state index contributed by atoms with van der Waals surface area (Å²) in [5, 5.41) is 4.28. The molecule has 0 saturated heterocycles. The molecular formula is C28H33N3O5. The molecule has 1 saturated carbocycles. The molecule has 0 spiro atoms. The summed E-state index contributed by atoms with van der Waals surface area (Å²) in [6.45, 7) is 8.15. The van der Waals surface area contributed by atoms with Gasteiger partial charge in [-0.05, 0) is 55.5 Å². The van der Waals surface area contributed by atoms with Gasteiger partial charge < -0.3 is 23.5 Å². The van der Waals surface area contributed by atoms with E-state index in [1.165, 1.54) is 12.8 Å². The Morgan fingerprint density at radius 3 is 2.56 bits per heavy atom. The third-order valence-corrected chi connectivity index (χ3v) is 6.68. The molecule has 2 aromatic heterocycles. The standard InChI is InChI=1S/C28H33N3O5/c1-6-18-12-20(11-17(2)25(18)33-15-22-16-34-28(3,4)35-22)26-30-27(36-31-26)21-13-23(19-9-7-8-10-19)29-24(14-21)32-5/h11-14,16,19H,6-10,15H2,1-5H3. The van der Waals surface area contributed by atoms with Crippen molar-refractivity contribution in [1.82, 2.24) is 15.1 Å². The van der Waals surface area contributed by atoms with E-state index in [4.69, 9.17) is 28.5 Å². The number of hydrogen-bond acceptors (Lipinski definition) is 8. The average Bonchev–Trinajstić information content (AvgIpc) is 3.64. The number of benzene rings is 1. The molecule has 3 aromatic rings. The number of hydrogen-bond donors (Lipinski definition) is 0. The van der Waals surface area contributed by atoms with Crippen molar-refractivity contribution in [2.75, 3.05) is 13.7 Å². The molecule has 0 unspecified atom stereocenters. The van der Waals surface area contributed by atoms with Gasteiger partial charge >= 0.3 is 0 Å². The minimum absolute atomic E-state index is 0.302. The van der Waals surface area contributed by atoms with E-state index in [9.17, 15) is 0 Å². The van der Waals surface area contributed by atoms with E-state index in [2.05, 4.69) is 29.2 Å². The number of rotatable bonds is 8. The van der Waals surface area contributed by atoms with Gasteiger partial charge in [-0.2, -0.15) is 4.98 Å². The van der Waals surface area contributed by atoms with Gasteiger partial charge in [0.15, 0.2) is 5.76 Å². The Balaban J connectivity index is 1.39. The van der Waals surface area contributed by atoms with Crippen LogP contribution in [0.3, 0.4) is 0 Å². The van der Waals surface area contributed by atoms with Crippen LogP contribution in [0.25, 0.3) is 22.8 Å². The molecule has 8 nitrogen and oxygen atoms in total. The second-order valence-electron chi connectivity index (χ2n) is 9.86. The first-order valence-electron chi connectivity index (χ1n) is 12.6. The molecule has 0 atom stereocenters. The summed E-state index contributed by atoms with van der Waals surface area (Å²) in [5.41, 5.74) is 4.78. The Morgan fingerprint density at radius 1 is 1.06 bits per heavy atom. The molecule has 2 aliphatic rings. The maximum absolute atomic E-state index is 6.13. The second-order valence-corrected chi connectivity index (χ2v) is 9.86. The van der Waals surface area contributed by atoms with Gasteiger partial charge in [0.2, 0.25) is 17.5 Å². The monoisotopic (exact) mass is 491 g/mol. The molecule has 0 radical (unpaired) electrons. The number of aromatic nitrogens is 3. The van der Waals surface area contributed by atoms with E-state index < -0.39 is 5.79 Å². The highest BCUT2D eigenvalue weighted by Crippen LogP contribution is 2.37. The van der Waals surface area contributed by atoms with Gasteiger partial charge in [0, 0.05) is 42.7 Å². The summed E-state index contributed by atoms with van der Waals surface area (Å²) >= 11 is 0. The summed E-state index contributed by atoms with van der Waals surface area (Å²) in [4.78, 5) is 9.39. The van der Waals surface area contributed by atoms with Gasteiger partial charge in [-0.15, -0.1) is 0 Å². The van der Waals surface area contributed by atoms with Gasteiger partial charge in [0.25, 0.3) is 5.89 Å². The summed E-state index contributed by atoms with van der Waals surface area (Å²) in [5.74, 6) is 2.84. The first kappa shape index (κ1) is 24.2. The van der Waals surface area contributed by atoms with Gasteiger partial charge in [-0.25, -0.2) is 4.98 Å². The predicted octanol–water partition coefficient (Wildman–Crippen LogP) is 6.34. The fourth-order valence-corrected chi connectivity index (χ4v) is 4.87. The zero-order valence-corrected chi connectivity index (χ0v) is 21.6. The van der Waals surface area contributed by atoms with E-state index in [-0.39, 0.29) is 0 Å². The van der Waals surface area contributed by atoms with Crippen molar-refractivity contribution in [3.05, 3.63) is 53.1 Å². The van der Waals surface area contributed by atoms with Crippen LogP contribution in [-0.4, -0.2) is 34.6 Å². The lowest BCUT2D eigenvalue weighted by Crippen LogP contribution is -2.21. The quantitative estimate of drug-likeness (QED) is 0.361.